The standard InChI is InChI=1S/C11H15ClN4O/c1-7-11(12)9(16(3)14-7)4-10(17)8-5-15(2)6-13-8/h5-6,10,17H,4H2,1-3H3. The lowest BCUT2D eigenvalue weighted by Crippen LogP contribution is -2.07. The summed E-state index contributed by atoms with van der Waals surface area (Å²) in [6.07, 6.45) is 3.20. The van der Waals surface area contributed by atoms with Crippen LogP contribution in [0, 0.1) is 6.92 Å². The van der Waals surface area contributed by atoms with E-state index in [2.05, 4.69) is 10.1 Å². The van der Waals surface area contributed by atoms with Crippen molar-refractivity contribution >= 4 is 11.6 Å². The summed E-state index contributed by atoms with van der Waals surface area (Å²) in [6.45, 7) is 1.85. The van der Waals surface area contributed by atoms with Crippen LogP contribution in [0.3, 0.4) is 0 Å². The first-order chi connectivity index (χ1) is 7.99. The van der Waals surface area contributed by atoms with Crippen LogP contribution in [0.4, 0.5) is 0 Å². The molecule has 92 valence electrons. The normalized spacial score (nSPS) is 13.0. The number of aryl methyl sites for hydroxylation is 3. The van der Waals surface area contributed by atoms with Gasteiger partial charge in [0.1, 0.15) is 6.10 Å². The molecule has 0 aliphatic heterocycles. The molecule has 2 aromatic heterocycles. The molecule has 0 bridgehead atoms. The summed E-state index contributed by atoms with van der Waals surface area (Å²) in [4.78, 5) is 4.12. The molecular weight excluding hydrogens is 240 g/mol. The van der Waals surface area contributed by atoms with Crippen LogP contribution < -0.4 is 0 Å². The van der Waals surface area contributed by atoms with Gasteiger partial charge in [-0.15, -0.1) is 0 Å². The third-order valence-corrected chi connectivity index (χ3v) is 3.21. The number of halogens is 1. The zero-order valence-corrected chi connectivity index (χ0v) is 10.8. The molecule has 0 spiro atoms. The molecule has 0 aromatic carbocycles. The quantitative estimate of drug-likeness (QED) is 0.901. The number of aliphatic hydroxyl groups excluding tert-OH is 1. The number of imidazole rings is 1. The molecule has 6 heteroatoms. The third kappa shape index (κ3) is 2.35. The van der Waals surface area contributed by atoms with E-state index < -0.39 is 6.10 Å². The third-order valence-electron chi connectivity index (χ3n) is 2.71. The Labute approximate surface area is 105 Å². The summed E-state index contributed by atoms with van der Waals surface area (Å²) in [5.74, 6) is 0. The number of hydrogen-bond donors (Lipinski definition) is 1. The molecule has 0 saturated carbocycles. The minimum atomic E-state index is -0.663. The number of aromatic nitrogens is 4. The van der Waals surface area contributed by atoms with Crippen LogP contribution in [-0.2, 0) is 20.5 Å². The van der Waals surface area contributed by atoms with E-state index in [0.717, 1.165) is 11.4 Å². The largest absolute Gasteiger partial charge is 0.386 e. The molecule has 5 nitrogen and oxygen atoms in total. The molecule has 0 radical (unpaired) electrons. The van der Waals surface area contributed by atoms with Gasteiger partial charge in [0.05, 0.1) is 28.4 Å². The summed E-state index contributed by atoms with van der Waals surface area (Å²) in [5, 5.41) is 14.9. The Morgan fingerprint density at radius 2 is 2.18 bits per heavy atom. The smallest absolute Gasteiger partial charge is 0.103 e. The number of rotatable bonds is 3. The average Bonchev–Trinajstić information content (AvgIpc) is 2.79. The summed E-state index contributed by atoms with van der Waals surface area (Å²) in [6, 6.07) is 0. The number of nitrogens with zero attached hydrogens (tertiary/aromatic N) is 4. The summed E-state index contributed by atoms with van der Waals surface area (Å²) in [7, 11) is 3.68. The first-order valence-electron chi connectivity index (χ1n) is 5.33. The van der Waals surface area contributed by atoms with Gasteiger partial charge in [-0.05, 0) is 6.92 Å². The van der Waals surface area contributed by atoms with Gasteiger partial charge in [0.15, 0.2) is 0 Å². The second-order valence-electron chi connectivity index (χ2n) is 4.15. The topological polar surface area (TPSA) is 55.9 Å². The highest BCUT2D eigenvalue weighted by molar-refractivity contribution is 6.31. The second kappa shape index (κ2) is 4.50. The van der Waals surface area contributed by atoms with Gasteiger partial charge in [0.25, 0.3) is 0 Å². The van der Waals surface area contributed by atoms with Gasteiger partial charge in [0, 0.05) is 26.7 Å². The van der Waals surface area contributed by atoms with E-state index >= 15 is 0 Å². The molecule has 2 rings (SSSR count). The molecule has 0 saturated heterocycles. The molecule has 0 amide bonds. The van der Waals surface area contributed by atoms with E-state index in [1.165, 1.54) is 0 Å². The highest BCUT2D eigenvalue weighted by atomic mass is 35.5. The number of hydrogen-bond acceptors (Lipinski definition) is 3. The number of aliphatic hydroxyl groups is 1. The van der Waals surface area contributed by atoms with Crippen LogP contribution >= 0.6 is 11.6 Å². The van der Waals surface area contributed by atoms with Crippen molar-refractivity contribution in [2.75, 3.05) is 0 Å². The lowest BCUT2D eigenvalue weighted by Gasteiger charge is -2.08. The van der Waals surface area contributed by atoms with Gasteiger partial charge in [0.2, 0.25) is 0 Å². The highest BCUT2D eigenvalue weighted by Gasteiger charge is 2.17. The minimum Gasteiger partial charge on any atom is -0.386 e. The molecule has 0 fully saturated rings. The highest BCUT2D eigenvalue weighted by Crippen LogP contribution is 2.24. The molecule has 1 N–H and O–H groups in total. The summed E-state index contributed by atoms with van der Waals surface area (Å²) in [5.41, 5.74) is 2.24. The van der Waals surface area contributed by atoms with Crippen molar-refractivity contribution in [2.45, 2.75) is 19.4 Å². The molecule has 2 heterocycles. The maximum absolute atomic E-state index is 10.1. The van der Waals surface area contributed by atoms with Crippen molar-refractivity contribution in [3.63, 3.8) is 0 Å². The Bertz CT molecular complexity index is 532. The van der Waals surface area contributed by atoms with Gasteiger partial charge >= 0.3 is 0 Å². The zero-order valence-electron chi connectivity index (χ0n) is 10.1. The molecule has 0 aliphatic rings. The second-order valence-corrected chi connectivity index (χ2v) is 4.53. The van der Waals surface area contributed by atoms with Crippen molar-refractivity contribution in [3.05, 3.63) is 34.6 Å². The lowest BCUT2D eigenvalue weighted by atomic mass is 10.1. The van der Waals surface area contributed by atoms with Crippen molar-refractivity contribution in [1.82, 2.24) is 19.3 Å². The first kappa shape index (κ1) is 12.1. The maximum atomic E-state index is 10.1. The van der Waals surface area contributed by atoms with Gasteiger partial charge in [-0.25, -0.2) is 4.98 Å². The molecule has 17 heavy (non-hydrogen) atoms. The average molecular weight is 255 g/mol. The Morgan fingerprint density at radius 1 is 1.47 bits per heavy atom. The molecule has 2 aromatic rings. The van der Waals surface area contributed by atoms with Gasteiger partial charge in [-0.3, -0.25) is 4.68 Å². The SMILES string of the molecule is Cc1nn(C)c(CC(O)c2cn(C)cn2)c1Cl. The van der Waals surface area contributed by atoms with E-state index in [1.807, 2.05) is 21.0 Å². The van der Waals surface area contributed by atoms with Gasteiger partial charge in [-0.1, -0.05) is 11.6 Å². The Hall–Kier alpha value is -1.33. The lowest BCUT2D eigenvalue weighted by molar-refractivity contribution is 0.171. The zero-order chi connectivity index (χ0) is 12.6. The van der Waals surface area contributed by atoms with Crippen molar-refractivity contribution in [1.29, 1.82) is 0 Å². The van der Waals surface area contributed by atoms with E-state index in [-0.39, 0.29) is 0 Å². The van der Waals surface area contributed by atoms with E-state index in [0.29, 0.717) is 17.1 Å². The Kier molecular flexibility index (Phi) is 3.22. The van der Waals surface area contributed by atoms with Gasteiger partial charge in [-0.2, -0.15) is 5.10 Å². The summed E-state index contributed by atoms with van der Waals surface area (Å²) < 4.78 is 3.50. The molecule has 0 aliphatic carbocycles. The maximum Gasteiger partial charge on any atom is 0.103 e. The van der Waals surface area contributed by atoms with E-state index in [4.69, 9.17) is 11.6 Å². The molecule has 1 atom stereocenters. The Morgan fingerprint density at radius 3 is 2.65 bits per heavy atom. The summed E-state index contributed by atoms with van der Waals surface area (Å²) >= 11 is 6.13. The van der Waals surface area contributed by atoms with Crippen molar-refractivity contribution in [2.24, 2.45) is 14.1 Å². The van der Waals surface area contributed by atoms with E-state index in [1.54, 1.807) is 21.8 Å². The van der Waals surface area contributed by atoms with Crippen LogP contribution in [-0.4, -0.2) is 24.4 Å². The van der Waals surface area contributed by atoms with Crippen LogP contribution in [0.25, 0.3) is 0 Å². The monoisotopic (exact) mass is 254 g/mol. The van der Waals surface area contributed by atoms with Crippen LogP contribution in [0.5, 0.6) is 0 Å². The van der Waals surface area contributed by atoms with Crippen LogP contribution in [0.1, 0.15) is 23.2 Å². The molecular formula is C11H15ClN4O. The minimum absolute atomic E-state index is 0.410. The fraction of sp³-hybridized carbons (Fsp3) is 0.455. The van der Waals surface area contributed by atoms with Crippen molar-refractivity contribution in [3.8, 4) is 0 Å². The fourth-order valence-electron chi connectivity index (χ4n) is 1.79. The Balaban J connectivity index is 2.21. The van der Waals surface area contributed by atoms with E-state index in [9.17, 15) is 5.11 Å². The van der Waals surface area contributed by atoms with Crippen molar-refractivity contribution < 1.29 is 5.11 Å². The fourth-order valence-corrected chi connectivity index (χ4v) is 2.03. The van der Waals surface area contributed by atoms with Crippen LogP contribution in [0.2, 0.25) is 5.02 Å². The van der Waals surface area contributed by atoms with Gasteiger partial charge < -0.3 is 9.67 Å². The van der Waals surface area contributed by atoms with Crippen LogP contribution in [0.15, 0.2) is 12.5 Å². The first-order valence-corrected chi connectivity index (χ1v) is 5.70. The molecule has 1 unspecified atom stereocenters. The predicted molar refractivity (Wildman–Crippen MR) is 64.8 cm³/mol. The predicted octanol–water partition coefficient (Wildman–Crippen LogP) is 1.39.